The van der Waals surface area contributed by atoms with Crippen LogP contribution in [0.4, 0.5) is 5.69 Å². The van der Waals surface area contributed by atoms with Gasteiger partial charge in [0.15, 0.2) is 11.7 Å². The van der Waals surface area contributed by atoms with Crippen LogP contribution in [0, 0.1) is 6.92 Å². The van der Waals surface area contributed by atoms with Crippen LogP contribution in [0.1, 0.15) is 63.6 Å². The fourth-order valence-electron chi connectivity index (χ4n) is 5.73. The molecule has 9 heteroatoms. The van der Waals surface area contributed by atoms with Crippen molar-refractivity contribution in [2.24, 2.45) is 4.99 Å². The first-order valence-electron chi connectivity index (χ1n) is 14.9. The van der Waals surface area contributed by atoms with Gasteiger partial charge in [0.2, 0.25) is 5.91 Å². The predicted molar refractivity (Wildman–Crippen MR) is 171 cm³/mol. The normalized spacial score (nSPS) is 14.4. The first kappa shape index (κ1) is 30.7. The Morgan fingerprint density at radius 2 is 1.70 bits per heavy atom. The van der Waals surface area contributed by atoms with Crippen molar-refractivity contribution in [1.29, 1.82) is 0 Å². The minimum absolute atomic E-state index is 0.0609. The maximum Gasteiger partial charge on any atom is 0.338 e. The topological polar surface area (TPSA) is 115 Å². The Morgan fingerprint density at radius 1 is 0.955 bits per heavy atom. The molecule has 0 saturated carbocycles. The van der Waals surface area contributed by atoms with Crippen LogP contribution in [0.15, 0.2) is 71.7 Å². The number of rotatable bonds is 9. The number of aromatic hydroxyl groups is 1. The molecule has 0 bridgehead atoms. The van der Waals surface area contributed by atoms with Crippen LogP contribution >= 0.6 is 0 Å². The Kier molecular flexibility index (Phi) is 9.55. The predicted octanol–water partition coefficient (Wildman–Crippen LogP) is 5.65. The van der Waals surface area contributed by atoms with Crippen molar-refractivity contribution >= 4 is 40.0 Å². The molecule has 0 spiro atoms. The number of aryl methyl sites for hydroxylation is 1. The Balaban J connectivity index is 1.35. The van der Waals surface area contributed by atoms with E-state index < -0.39 is 5.97 Å². The third kappa shape index (κ3) is 6.89. The molecule has 3 aromatic carbocycles. The van der Waals surface area contributed by atoms with Gasteiger partial charge in [-0.3, -0.25) is 9.59 Å². The first-order chi connectivity index (χ1) is 21.2. The van der Waals surface area contributed by atoms with Crippen LogP contribution in [0.3, 0.4) is 0 Å². The molecule has 0 radical (unpaired) electrons. The van der Waals surface area contributed by atoms with Crippen LogP contribution in [0.5, 0.6) is 5.88 Å². The lowest BCUT2D eigenvalue weighted by atomic mass is 9.98. The van der Waals surface area contributed by atoms with E-state index in [9.17, 15) is 19.5 Å². The molecule has 1 fully saturated rings. The summed E-state index contributed by atoms with van der Waals surface area (Å²) in [4.78, 5) is 49.1. The number of ether oxygens (including phenoxy) is 1. The Hall–Kier alpha value is -4.76. The second-order valence-electron chi connectivity index (χ2n) is 11.2. The number of esters is 1. The van der Waals surface area contributed by atoms with Crippen LogP contribution in [-0.2, 0) is 9.53 Å². The number of H-pyrrole nitrogens is 1. The van der Waals surface area contributed by atoms with E-state index in [0.717, 1.165) is 56.5 Å². The summed E-state index contributed by atoms with van der Waals surface area (Å²) < 4.78 is 4.91. The van der Waals surface area contributed by atoms with E-state index in [4.69, 9.17) is 9.73 Å². The van der Waals surface area contributed by atoms with E-state index in [1.165, 1.54) is 7.11 Å². The number of nitrogens with zero attached hydrogens (tertiary/aromatic N) is 3. The van der Waals surface area contributed by atoms with E-state index in [-0.39, 0.29) is 17.6 Å². The van der Waals surface area contributed by atoms with Crippen LogP contribution in [0.2, 0.25) is 0 Å². The zero-order chi connectivity index (χ0) is 31.2. The van der Waals surface area contributed by atoms with Gasteiger partial charge in [0.1, 0.15) is 0 Å². The van der Waals surface area contributed by atoms with Crippen LogP contribution in [0.25, 0.3) is 10.9 Å². The molecule has 0 aliphatic carbocycles. The fourth-order valence-corrected chi connectivity index (χ4v) is 5.73. The van der Waals surface area contributed by atoms with E-state index in [1.54, 1.807) is 25.1 Å². The number of aliphatic imine (C=N–C) groups is 1. The van der Waals surface area contributed by atoms with Crippen molar-refractivity contribution in [1.82, 2.24) is 14.8 Å². The number of carbonyl (C=O) groups is 3. The minimum Gasteiger partial charge on any atom is -0.494 e. The van der Waals surface area contributed by atoms with E-state index in [0.29, 0.717) is 45.6 Å². The van der Waals surface area contributed by atoms with Crippen molar-refractivity contribution in [3.63, 3.8) is 0 Å². The van der Waals surface area contributed by atoms with Crippen molar-refractivity contribution in [3.8, 4) is 5.88 Å². The number of hydrogen-bond donors (Lipinski definition) is 2. The molecule has 1 aliphatic heterocycles. The molecule has 1 aliphatic rings. The number of nitrogens with one attached hydrogen (secondary N) is 1. The van der Waals surface area contributed by atoms with Gasteiger partial charge in [-0.25, -0.2) is 9.79 Å². The number of fused-ring (bicyclic) bond motifs is 1. The highest BCUT2D eigenvalue weighted by Gasteiger charge is 2.22. The lowest BCUT2D eigenvalue weighted by Crippen LogP contribution is -2.34. The van der Waals surface area contributed by atoms with Crippen LogP contribution < -0.4 is 0 Å². The van der Waals surface area contributed by atoms with Gasteiger partial charge in [-0.05, 0) is 74.8 Å². The fraction of sp³-hybridized carbons (Fsp3) is 0.314. The standard InChI is InChI=1S/C35H38N4O5/c1-23-21-29-30(22-28(23)35(43)44-3)37-34(42)32(29)33(26-9-5-4-6-10-26)36-27-14-12-25(13-15-27)31(41)11-7-16-38-17-8-18-39(20-19-38)24(2)40/h4-6,9-10,12-15,21-22,37,42H,7-8,11,16-20H2,1-3H3. The van der Waals surface area contributed by atoms with E-state index in [1.807, 2.05) is 60.4 Å². The van der Waals surface area contributed by atoms with E-state index >= 15 is 0 Å². The number of benzene rings is 3. The van der Waals surface area contributed by atoms with Gasteiger partial charge < -0.3 is 24.6 Å². The molecular formula is C35H38N4O5. The number of aromatic nitrogens is 1. The number of ketones is 1. The average Bonchev–Trinajstić information content (AvgIpc) is 3.17. The highest BCUT2D eigenvalue weighted by atomic mass is 16.5. The molecule has 2 heterocycles. The van der Waals surface area contributed by atoms with Crippen molar-refractivity contribution < 1.29 is 24.2 Å². The summed E-state index contributed by atoms with van der Waals surface area (Å²) in [5.74, 6) is -0.313. The largest absolute Gasteiger partial charge is 0.494 e. The van der Waals surface area contributed by atoms with Gasteiger partial charge in [-0.1, -0.05) is 30.3 Å². The minimum atomic E-state index is -0.449. The SMILES string of the molecule is COC(=O)c1cc2[nH]c(O)c(C(=Nc3ccc(C(=O)CCCN4CCCN(C(C)=O)CC4)cc3)c3ccccc3)c2cc1C. The lowest BCUT2D eigenvalue weighted by molar-refractivity contribution is -0.128. The zero-order valence-corrected chi connectivity index (χ0v) is 25.4. The molecule has 0 unspecified atom stereocenters. The Morgan fingerprint density at radius 3 is 2.41 bits per heavy atom. The second-order valence-corrected chi connectivity index (χ2v) is 11.2. The lowest BCUT2D eigenvalue weighted by Gasteiger charge is -2.20. The number of Topliss-reactive ketones (excluding diaryl/α,β-unsaturated/α-hetero) is 1. The van der Waals surface area contributed by atoms with Crippen molar-refractivity contribution in [3.05, 3.63) is 94.5 Å². The third-order valence-corrected chi connectivity index (χ3v) is 8.16. The van der Waals surface area contributed by atoms with Crippen LogP contribution in [-0.4, -0.2) is 83.1 Å². The second kappa shape index (κ2) is 13.7. The summed E-state index contributed by atoms with van der Waals surface area (Å²) in [5.41, 5.74) is 4.86. The summed E-state index contributed by atoms with van der Waals surface area (Å²) in [6.45, 7) is 7.57. The quantitative estimate of drug-likeness (QED) is 0.147. The molecule has 0 atom stereocenters. The summed E-state index contributed by atoms with van der Waals surface area (Å²) in [7, 11) is 1.34. The first-order valence-corrected chi connectivity index (χ1v) is 14.9. The third-order valence-electron chi connectivity index (χ3n) is 8.16. The smallest absolute Gasteiger partial charge is 0.338 e. The molecule has 2 N–H and O–H groups in total. The molecule has 1 saturated heterocycles. The summed E-state index contributed by atoms with van der Waals surface area (Å²) >= 11 is 0. The molecule has 1 amide bonds. The highest BCUT2D eigenvalue weighted by molar-refractivity contribution is 6.22. The summed E-state index contributed by atoms with van der Waals surface area (Å²) in [6.07, 6.45) is 2.15. The van der Waals surface area contributed by atoms with Gasteiger partial charge in [-0.15, -0.1) is 0 Å². The van der Waals surface area contributed by atoms with Gasteiger partial charge in [0.25, 0.3) is 0 Å². The van der Waals surface area contributed by atoms with Crippen molar-refractivity contribution in [2.75, 3.05) is 39.8 Å². The molecule has 228 valence electrons. The maximum absolute atomic E-state index is 13.0. The summed E-state index contributed by atoms with van der Waals surface area (Å²) in [5, 5.41) is 11.8. The maximum atomic E-state index is 13.0. The number of amides is 1. The zero-order valence-electron chi connectivity index (χ0n) is 25.4. The Labute approximate surface area is 257 Å². The summed E-state index contributed by atoms with van der Waals surface area (Å²) in [6, 6.07) is 20.3. The molecular weight excluding hydrogens is 556 g/mol. The number of carbonyl (C=O) groups excluding carboxylic acids is 3. The molecule has 5 rings (SSSR count). The number of aromatic amines is 1. The monoisotopic (exact) mass is 594 g/mol. The van der Waals surface area contributed by atoms with Gasteiger partial charge in [-0.2, -0.15) is 0 Å². The van der Waals surface area contributed by atoms with Crippen molar-refractivity contribution in [2.45, 2.75) is 33.1 Å². The van der Waals surface area contributed by atoms with Gasteiger partial charge in [0, 0.05) is 55.0 Å². The molecule has 1 aromatic heterocycles. The average molecular weight is 595 g/mol. The Bertz CT molecular complexity index is 1690. The molecule has 4 aromatic rings. The van der Waals surface area contributed by atoms with Gasteiger partial charge >= 0.3 is 5.97 Å². The highest BCUT2D eigenvalue weighted by Crippen LogP contribution is 2.33. The molecule has 44 heavy (non-hydrogen) atoms. The van der Waals surface area contributed by atoms with Gasteiger partial charge in [0.05, 0.1) is 29.6 Å². The number of methoxy groups -OCH3 is 1. The molecule has 9 nitrogen and oxygen atoms in total. The number of hydrogen-bond acceptors (Lipinski definition) is 7. The van der Waals surface area contributed by atoms with E-state index in [2.05, 4.69) is 9.88 Å².